The molecule has 22 heavy (non-hydrogen) atoms. The van der Waals surface area contributed by atoms with Crippen LogP contribution in [0.4, 0.5) is 8.78 Å². The molecule has 0 saturated carbocycles. The maximum atomic E-state index is 14.2. The fraction of sp³-hybridized carbons (Fsp3) is 0.235. The lowest BCUT2D eigenvalue weighted by Gasteiger charge is -2.16. The van der Waals surface area contributed by atoms with Gasteiger partial charge in [-0.25, -0.2) is 13.8 Å². The molecule has 0 spiro atoms. The number of imidazole rings is 1. The first-order valence-electron chi connectivity index (χ1n) is 7.20. The minimum absolute atomic E-state index is 0.185. The molecule has 3 rings (SSSR count). The van der Waals surface area contributed by atoms with Crippen LogP contribution in [0.15, 0.2) is 42.5 Å². The Morgan fingerprint density at radius 2 is 1.95 bits per heavy atom. The molecule has 1 unspecified atom stereocenters. The van der Waals surface area contributed by atoms with Gasteiger partial charge in [-0.05, 0) is 30.2 Å². The molecule has 0 radical (unpaired) electrons. The maximum Gasteiger partial charge on any atom is 0.130 e. The Bertz CT molecular complexity index is 814. The van der Waals surface area contributed by atoms with Crippen LogP contribution < -0.4 is 0 Å². The van der Waals surface area contributed by atoms with Crippen molar-refractivity contribution in [1.29, 1.82) is 0 Å². The summed E-state index contributed by atoms with van der Waals surface area (Å²) in [5.74, 6) is -0.453. The van der Waals surface area contributed by atoms with Crippen LogP contribution in [0.2, 0.25) is 0 Å². The Kier molecular flexibility index (Phi) is 4.42. The molecule has 0 aliphatic rings. The number of nitrogens with zero attached hydrogens (tertiary/aromatic N) is 2. The molecule has 2 aromatic carbocycles. The predicted octanol–water partition coefficient (Wildman–Crippen LogP) is 5.44. The minimum atomic E-state index is -0.556. The van der Waals surface area contributed by atoms with Crippen molar-refractivity contribution in [2.75, 3.05) is 0 Å². The number of rotatable bonds is 4. The Morgan fingerprint density at radius 3 is 2.64 bits per heavy atom. The summed E-state index contributed by atoms with van der Waals surface area (Å²) in [5, 5.41) is 0. The predicted molar refractivity (Wildman–Crippen MR) is 92.3 cm³/mol. The third-order valence-electron chi connectivity index (χ3n) is 3.76. The van der Waals surface area contributed by atoms with Crippen LogP contribution >= 0.6 is 22.9 Å². The van der Waals surface area contributed by atoms with Gasteiger partial charge in [0.25, 0.3) is 0 Å². The third kappa shape index (κ3) is 2.74. The van der Waals surface area contributed by atoms with Gasteiger partial charge in [0.1, 0.15) is 17.5 Å². The van der Waals surface area contributed by atoms with Crippen molar-refractivity contribution >= 4 is 33.9 Å². The van der Waals surface area contributed by atoms with Crippen LogP contribution in [0, 0.1) is 11.6 Å². The normalized spacial score (nSPS) is 12.7. The molecule has 1 atom stereocenters. The number of para-hydroxylation sites is 2. The van der Waals surface area contributed by atoms with E-state index in [9.17, 15) is 8.78 Å². The summed E-state index contributed by atoms with van der Waals surface area (Å²) in [7, 11) is 0. The monoisotopic (exact) mass is 412 g/mol. The summed E-state index contributed by atoms with van der Waals surface area (Å²) in [4.78, 5) is 4.67. The SMILES string of the molecule is CCCC(c1ccc(F)cc1F)c1nc2ccccc2n1I. The molecule has 3 aromatic rings. The summed E-state index contributed by atoms with van der Waals surface area (Å²) in [6.45, 7) is 2.05. The van der Waals surface area contributed by atoms with Gasteiger partial charge in [-0.2, -0.15) is 0 Å². The van der Waals surface area contributed by atoms with Gasteiger partial charge in [0.15, 0.2) is 0 Å². The largest absolute Gasteiger partial charge is 0.268 e. The molecule has 0 saturated heterocycles. The molecule has 114 valence electrons. The van der Waals surface area contributed by atoms with Gasteiger partial charge >= 0.3 is 0 Å². The molecule has 0 N–H and O–H groups in total. The zero-order valence-corrected chi connectivity index (χ0v) is 14.2. The molecule has 1 heterocycles. The molecular formula is C17H15F2IN2. The van der Waals surface area contributed by atoms with Gasteiger partial charge < -0.3 is 0 Å². The van der Waals surface area contributed by atoms with Crippen LogP contribution in [0.3, 0.4) is 0 Å². The molecule has 0 fully saturated rings. The highest BCUT2D eigenvalue weighted by atomic mass is 127. The highest BCUT2D eigenvalue weighted by molar-refractivity contribution is 14.1. The Morgan fingerprint density at radius 1 is 1.18 bits per heavy atom. The minimum Gasteiger partial charge on any atom is -0.268 e. The number of halogens is 3. The summed E-state index contributed by atoms with van der Waals surface area (Å²) in [6.07, 6.45) is 1.65. The van der Waals surface area contributed by atoms with E-state index in [1.807, 2.05) is 27.0 Å². The Hall–Kier alpha value is -1.50. The number of fused-ring (bicyclic) bond motifs is 1. The van der Waals surface area contributed by atoms with E-state index in [4.69, 9.17) is 0 Å². The van der Waals surface area contributed by atoms with Gasteiger partial charge in [-0.3, -0.25) is 2.78 Å². The van der Waals surface area contributed by atoms with E-state index in [-0.39, 0.29) is 5.92 Å². The first-order valence-corrected chi connectivity index (χ1v) is 8.16. The zero-order valence-electron chi connectivity index (χ0n) is 12.1. The Labute approximate surface area is 141 Å². The number of hydrogen-bond donors (Lipinski definition) is 0. The van der Waals surface area contributed by atoms with Crippen molar-refractivity contribution in [1.82, 2.24) is 7.76 Å². The zero-order chi connectivity index (χ0) is 15.7. The second-order valence-electron chi connectivity index (χ2n) is 5.25. The van der Waals surface area contributed by atoms with Crippen molar-refractivity contribution in [3.05, 3.63) is 65.5 Å². The second kappa shape index (κ2) is 6.32. The fourth-order valence-corrected chi connectivity index (χ4v) is 3.58. The average molecular weight is 412 g/mol. The summed E-state index contributed by atoms with van der Waals surface area (Å²) < 4.78 is 29.4. The number of benzene rings is 2. The van der Waals surface area contributed by atoms with Crippen LogP contribution in [-0.4, -0.2) is 7.76 Å². The maximum absolute atomic E-state index is 14.2. The smallest absolute Gasteiger partial charge is 0.130 e. The first kappa shape index (κ1) is 15.4. The van der Waals surface area contributed by atoms with E-state index in [1.165, 1.54) is 12.1 Å². The lowest BCUT2D eigenvalue weighted by atomic mass is 9.93. The van der Waals surface area contributed by atoms with Crippen LogP contribution in [0.5, 0.6) is 0 Å². The van der Waals surface area contributed by atoms with Crippen molar-refractivity contribution in [3.8, 4) is 0 Å². The van der Waals surface area contributed by atoms with E-state index in [0.717, 1.165) is 35.8 Å². The lowest BCUT2D eigenvalue weighted by Crippen LogP contribution is -2.08. The van der Waals surface area contributed by atoms with Crippen LogP contribution in [-0.2, 0) is 0 Å². The number of aromatic nitrogens is 2. The molecule has 0 aliphatic heterocycles. The van der Waals surface area contributed by atoms with E-state index >= 15 is 0 Å². The van der Waals surface area contributed by atoms with E-state index in [2.05, 4.69) is 34.8 Å². The molecule has 0 bridgehead atoms. The molecule has 2 nitrogen and oxygen atoms in total. The van der Waals surface area contributed by atoms with E-state index < -0.39 is 11.6 Å². The van der Waals surface area contributed by atoms with Crippen molar-refractivity contribution < 1.29 is 8.78 Å². The summed E-state index contributed by atoms with van der Waals surface area (Å²) in [5.41, 5.74) is 2.38. The first-order chi connectivity index (χ1) is 10.6. The van der Waals surface area contributed by atoms with Gasteiger partial charge in [0, 0.05) is 12.0 Å². The lowest BCUT2D eigenvalue weighted by molar-refractivity contribution is 0.550. The molecular weight excluding hydrogens is 397 g/mol. The molecule has 0 amide bonds. The van der Waals surface area contributed by atoms with Crippen molar-refractivity contribution in [2.45, 2.75) is 25.7 Å². The quantitative estimate of drug-likeness (QED) is 0.522. The van der Waals surface area contributed by atoms with Crippen molar-refractivity contribution in [3.63, 3.8) is 0 Å². The third-order valence-corrected chi connectivity index (χ3v) is 4.77. The highest BCUT2D eigenvalue weighted by Gasteiger charge is 2.23. The van der Waals surface area contributed by atoms with E-state index in [1.54, 1.807) is 0 Å². The topological polar surface area (TPSA) is 17.8 Å². The second-order valence-corrected chi connectivity index (χ2v) is 6.21. The van der Waals surface area contributed by atoms with Gasteiger partial charge in [0.05, 0.1) is 33.9 Å². The van der Waals surface area contributed by atoms with E-state index in [0.29, 0.717) is 5.56 Å². The van der Waals surface area contributed by atoms with Gasteiger partial charge in [-0.1, -0.05) is 31.5 Å². The van der Waals surface area contributed by atoms with Gasteiger partial charge in [0.2, 0.25) is 0 Å². The van der Waals surface area contributed by atoms with Crippen LogP contribution in [0.1, 0.15) is 37.1 Å². The standard InChI is InChI=1S/C17H15F2IN2/c1-2-5-13(12-9-8-11(18)10-14(12)19)17-21-15-6-3-4-7-16(15)22(17)20/h3-4,6-10,13H,2,5H2,1H3. The summed E-state index contributed by atoms with van der Waals surface area (Å²) in [6, 6.07) is 11.6. The van der Waals surface area contributed by atoms with Crippen molar-refractivity contribution in [2.24, 2.45) is 0 Å². The molecule has 5 heteroatoms. The van der Waals surface area contributed by atoms with Gasteiger partial charge in [-0.15, -0.1) is 0 Å². The number of hydrogen-bond acceptors (Lipinski definition) is 1. The summed E-state index contributed by atoms with van der Waals surface area (Å²) >= 11 is 2.19. The molecule has 0 aliphatic carbocycles. The Balaban J connectivity index is 2.15. The fourth-order valence-electron chi connectivity index (χ4n) is 2.73. The highest BCUT2D eigenvalue weighted by Crippen LogP contribution is 2.34. The average Bonchev–Trinajstić information content (AvgIpc) is 2.83. The molecule has 1 aromatic heterocycles. The van der Waals surface area contributed by atoms with Crippen LogP contribution in [0.25, 0.3) is 11.0 Å².